The number of aromatic amines is 1. The smallest absolute Gasteiger partial charge is 0.325 e. The van der Waals surface area contributed by atoms with Crippen molar-refractivity contribution in [2.75, 3.05) is 12.9 Å². The molecule has 1 unspecified atom stereocenters. The molecule has 1 saturated carbocycles. The van der Waals surface area contributed by atoms with Crippen molar-refractivity contribution in [3.8, 4) is 0 Å². The van der Waals surface area contributed by atoms with Crippen molar-refractivity contribution in [1.82, 2.24) is 20.5 Å². The van der Waals surface area contributed by atoms with Crippen LogP contribution in [0, 0.1) is 0 Å². The van der Waals surface area contributed by atoms with Crippen LogP contribution >= 0.6 is 11.8 Å². The maximum absolute atomic E-state index is 11.9. The van der Waals surface area contributed by atoms with Gasteiger partial charge in [-0.05, 0) is 32.6 Å². The number of rotatable bonds is 9. The van der Waals surface area contributed by atoms with Crippen LogP contribution in [0.5, 0.6) is 0 Å². The highest BCUT2D eigenvalue weighted by atomic mass is 32.2. The predicted molar refractivity (Wildman–Crippen MR) is 77.5 cm³/mol. The maximum Gasteiger partial charge on any atom is 0.325 e. The molecule has 1 aliphatic rings. The molecule has 1 aromatic heterocycles. The first-order valence-electron chi connectivity index (χ1n) is 6.98. The highest BCUT2D eigenvalue weighted by Gasteiger charge is 2.38. The first-order valence-corrected chi connectivity index (χ1v) is 7.97. The molecule has 0 aromatic carbocycles. The summed E-state index contributed by atoms with van der Waals surface area (Å²) < 4.78 is 4.93. The number of nitrogens with zero attached hydrogens (tertiary/aromatic N) is 2. The van der Waals surface area contributed by atoms with Gasteiger partial charge in [-0.2, -0.15) is 5.10 Å². The largest absolute Gasteiger partial charge is 0.468 e. The Morgan fingerprint density at radius 1 is 1.60 bits per heavy atom. The number of aromatic nitrogens is 3. The van der Waals surface area contributed by atoms with Gasteiger partial charge >= 0.3 is 5.97 Å². The molecule has 112 valence electrons. The van der Waals surface area contributed by atoms with E-state index in [1.807, 2.05) is 6.92 Å². The number of hydrogen-bond donors (Lipinski definition) is 2. The number of esters is 1. The summed E-state index contributed by atoms with van der Waals surface area (Å²) in [6.07, 6.45) is 6.64. The van der Waals surface area contributed by atoms with Gasteiger partial charge < -0.3 is 4.74 Å². The second-order valence-electron chi connectivity index (χ2n) is 5.34. The standard InChI is InChI=1S/C13H22N4O2S/c1-13(11(18)19-2,16-10-5-6-10)7-3-4-8-20-12-14-9-15-17-12/h9-10,16H,3-8H2,1-2H3,(H,14,15,17). The Morgan fingerprint density at radius 2 is 2.40 bits per heavy atom. The molecule has 0 amide bonds. The molecule has 0 saturated heterocycles. The summed E-state index contributed by atoms with van der Waals surface area (Å²) in [6.45, 7) is 1.95. The molecule has 0 bridgehead atoms. The van der Waals surface area contributed by atoms with Crippen molar-refractivity contribution in [2.24, 2.45) is 0 Å². The van der Waals surface area contributed by atoms with E-state index < -0.39 is 5.54 Å². The third-order valence-corrected chi connectivity index (χ3v) is 4.40. The number of ether oxygens (including phenoxy) is 1. The molecule has 0 spiro atoms. The summed E-state index contributed by atoms with van der Waals surface area (Å²) in [5.74, 6) is 0.808. The Balaban J connectivity index is 1.69. The molecule has 20 heavy (non-hydrogen) atoms. The number of carbonyl (C=O) groups excluding carboxylic acids is 1. The van der Waals surface area contributed by atoms with Crippen LogP contribution in [0.15, 0.2) is 11.5 Å². The van der Waals surface area contributed by atoms with E-state index in [0.717, 1.165) is 43.0 Å². The van der Waals surface area contributed by atoms with Crippen LogP contribution in [0.2, 0.25) is 0 Å². The highest BCUT2D eigenvalue weighted by molar-refractivity contribution is 7.99. The van der Waals surface area contributed by atoms with Crippen LogP contribution in [-0.4, -0.2) is 45.6 Å². The summed E-state index contributed by atoms with van der Waals surface area (Å²) in [4.78, 5) is 16.0. The zero-order valence-electron chi connectivity index (χ0n) is 12.0. The lowest BCUT2D eigenvalue weighted by Crippen LogP contribution is -2.51. The zero-order chi connectivity index (χ0) is 14.4. The van der Waals surface area contributed by atoms with Crippen LogP contribution in [0.25, 0.3) is 0 Å². The molecular formula is C13H22N4O2S. The van der Waals surface area contributed by atoms with Gasteiger partial charge in [-0.25, -0.2) is 4.98 Å². The van der Waals surface area contributed by atoms with Crippen molar-refractivity contribution >= 4 is 17.7 Å². The van der Waals surface area contributed by atoms with Crippen molar-refractivity contribution in [1.29, 1.82) is 0 Å². The van der Waals surface area contributed by atoms with Gasteiger partial charge in [-0.15, -0.1) is 0 Å². The Kier molecular flexibility index (Phi) is 5.42. The summed E-state index contributed by atoms with van der Waals surface area (Å²) >= 11 is 1.65. The lowest BCUT2D eigenvalue weighted by atomic mass is 9.95. The number of thioether (sulfide) groups is 1. The van der Waals surface area contributed by atoms with E-state index in [4.69, 9.17) is 4.74 Å². The molecule has 7 heteroatoms. The number of methoxy groups -OCH3 is 1. The van der Waals surface area contributed by atoms with Crippen molar-refractivity contribution in [3.63, 3.8) is 0 Å². The third-order valence-electron chi connectivity index (χ3n) is 3.44. The fraction of sp³-hybridized carbons (Fsp3) is 0.769. The van der Waals surface area contributed by atoms with E-state index in [1.54, 1.807) is 11.8 Å². The van der Waals surface area contributed by atoms with E-state index in [-0.39, 0.29) is 5.97 Å². The molecule has 1 aliphatic carbocycles. The third kappa shape index (κ3) is 4.49. The monoisotopic (exact) mass is 298 g/mol. The van der Waals surface area contributed by atoms with Crippen molar-refractivity contribution in [3.05, 3.63) is 6.33 Å². The average molecular weight is 298 g/mol. The molecule has 1 heterocycles. The fourth-order valence-corrected chi connectivity index (χ4v) is 2.93. The van der Waals surface area contributed by atoms with Gasteiger partial charge in [0.05, 0.1) is 7.11 Å². The minimum atomic E-state index is -0.549. The van der Waals surface area contributed by atoms with Gasteiger partial charge in [0.2, 0.25) is 0 Å². The van der Waals surface area contributed by atoms with E-state index in [2.05, 4.69) is 20.5 Å². The van der Waals surface area contributed by atoms with Gasteiger partial charge in [0, 0.05) is 11.8 Å². The van der Waals surface area contributed by atoms with Crippen molar-refractivity contribution in [2.45, 2.75) is 55.8 Å². The molecule has 6 nitrogen and oxygen atoms in total. The first-order chi connectivity index (χ1) is 9.64. The molecule has 0 aliphatic heterocycles. The van der Waals surface area contributed by atoms with E-state index >= 15 is 0 Å². The Bertz CT molecular complexity index is 422. The topological polar surface area (TPSA) is 79.9 Å². The molecule has 2 N–H and O–H groups in total. The van der Waals surface area contributed by atoms with Crippen LogP contribution in [0.1, 0.15) is 39.0 Å². The highest BCUT2D eigenvalue weighted by Crippen LogP contribution is 2.26. The summed E-state index contributed by atoms with van der Waals surface area (Å²) in [5, 5.41) is 10.9. The lowest BCUT2D eigenvalue weighted by molar-refractivity contribution is -0.148. The van der Waals surface area contributed by atoms with Crippen LogP contribution in [0.3, 0.4) is 0 Å². The minimum absolute atomic E-state index is 0.160. The zero-order valence-corrected chi connectivity index (χ0v) is 12.8. The number of H-pyrrole nitrogens is 1. The lowest BCUT2D eigenvalue weighted by Gasteiger charge is -2.28. The summed E-state index contributed by atoms with van der Waals surface area (Å²) in [5.41, 5.74) is -0.549. The Morgan fingerprint density at radius 3 is 3.00 bits per heavy atom. The molecule has 0 radical (unpaired) electrons. The van der Waals surface area contributed by atoms with Gasteiger partial charge in [-0.3, -0.25) is 15.2 Å². The molecular weight excluding hydrogens is 276 g/mol. The van der Waals surface area contributed by atoms with Crippen LogP contribution in [-0.2, 0) is 9.53 Å². The normalized spacial score (nSPS) is 17.7. The Hall–Kier alpha value is -1.08. The van der Waals surface area contributed by atoms with Crippen molar-refractivity contribution < 1.29 is 9.53 Å². The Labute approximate surface area is 123 Å². The first kappa shape index (κ1) is 15.3. The van der Waals surface area contributed by atoms with Gasteiger partial charge in [-0.1, -0.05) is 18.2 Å². The van der Waals surface area contributed by atoms with Gasteiger partial charge in [0.15, 0.2) is 5.16 Å². The number of unbranched alkanes of at least 4 members (excludes halogenated alkanes) is 1. The number of nitrogens with one attached hydrogen (secondary N) is 2. The van der Waals surface area contributed by atoms with Gasteiger partial charge in [0.25, 0.3) is 0 Å². The summed E-state index contributed by atoms with van der Waals surface area (Å²) in [6, 6.07) is 0.489. The number of carbonyl (C=O) groups is 1. The maximum atomic E-state index is 11.9. The fourth-order valence-electron chi connectivity index (χ4n) is 2.15. The summed E-state index contributed by atoms with van der Waals surface area (Å²) in [7, 11) is 1.45. The molecule has 1 fully saturated rings. The van der Waals surface area contributed by atoms with E-state index in [0.29, 0.717) is 6.04 Å². The second-order valence-corrected chi connectivity index (χ2v) is 6.42. The second kappa shape index (κ2) is 7.08. The average Bonchev–Trinajstić information content (AvgIpc) is 3.09. The quantitative estimate of drug-likeness (QED) is 0.411. The SMILES string of the molecule is COC(=O)C(C)(CCCCSc1ncn[nH]1)NC1CC1. The molecule has 1 aromatic rings. The number of hydrogen-bond acceptors (Lipinski definition) is 6. The van der Waals surface area contributed by atoms with E-state index in [9.17, 15) is 4.79 Å². The van der Waals surface area contributed by atoms with E-state index in [1.165, 1.54) is 13.4 Å². The predicted octanol–water partition coefficient (Wildman–Crippen LogP) is 1.75. The molecule has 2 rings (SSSR count). The molecule has 1 atom stereocenters. The van der Waals surface area contributed by atoms with Crippen LogP contribution in [0.4, 0.5) is 0 Å². The minimum Gasteiger partial charge on any atom is -0.468 e. The van der Waals surface area contributed by atoms with Gasteiger partial charge in [0.1, 0.15) is 11.9 Å². The van der Waals surface area contributed by atoms with Crippen LogP contribution < -0.4 is 5.32 Å².